The number of rotatable bonds is 6. The average molecular weight is 391 g/mol. The topological polar surface area (TPSA) is 78.7 Å². The normalized spacial score (nSPS) is 14.8. The zero-order valence-corrected chi connectivity index (χ0v) is 16.2. The molecule has 0 radical (unpaired) electrons. The minimum Gasteiger partial charge on any atom is -0.346 e. The summed E-state index contributed by atoms with van der Waals surface area (Å²) in [6, 6.07) is 10.7. The average Bonchev–Trinajstić information content (AvgIpc) is 2.60. The molecule has 0 spiro atoms. The van der Waals surface area contributed by atoms with Crippen LogP contribution in [0, 0.1) is 0 Å². The standard InChI is InChI=1S/C17H26N4O2.2ClH/c1-20(17(23)12-19-16(22)11-18)15-7-9-21(10-8-15)13-14-5-3-2-4-6-14;;/h2-6,15H,7-13,18H2,1H3,(H,19,22);2*1H. The number of nitrogens with two attached hydrogens (primary N) is 1. The van der Waals surface area contributed by atoms with Gasteiger partial charge >= 0.3 is 0 Å². The van der Waals surface area contributed by atoms with E-state index in [2.05, 4.69) is 34.5 Å². The summed E-state index contributed by atoms with van der Waals surface area (Å²) >= 11 is 0. The maximum Gasteiger partial charge on any atom is 0.241 e. The van der Waals surface area contributed by atoms with Crippen molar-refractivity contribution in [3.8, 4) is 0 Å². The van der Waals surface area contributed by atoms with Crippen molar-refractivity contribution >= 4 is 36.6 Å². The maximum absolute atomic E-state index is 12.1. The first-order chi connectivity index (χ1) is 11.1. The Labute approximate surface area is 161 Å². The minimum atomic E-state index is -0.301. The largest absolute Gasteiger partial charge is 0.346 e. The fourth-order valence-electron chi connectivity index (χ4n) is 2.88. The van der Waals surface area contributed by atoms with E-state index in [1.165, 1.54) is 5.56 Å². The van der Waals surface area contributed by atoms with Crippen molar-refractivity contribution < 1.29 is 9.59 Å². The van der Waals surface area contributed by atoms with Gasteiger partial charge in [-0.05, 0) is 18.4 Å². The number of hydrogen-bond acceptors (Lipinski definition) is 4. The summed E-state index contributed by atoms with van der Waals surface area (Å²) in [5.41, 5.74) is 6.53. The summed E-state index contributed by atoms with van der Waals surface area (Å²) in [7, 11) is 1.81. The van der Waals surface area contributed by atoms with Crippen LogP contribution in [0.5, 0.6) is 0 Å². The number of amides is 2. The van der Waals surface area contributed by atoms with Gasteiger partial charge in [-0.15, -0.1) is 24.8 Å². The molecule has 25 heavy (non-hydrogen) atoms. The number of carbonyl (C=O) groups excluding carboxylic acids is 2. The van der Waals surface area contributed by atoms with Crippen molar-refractivity contribution in [3.63, 3.8) is 0 Å². The second kappa shape index (κ2) is 12.1. The molecule has 1 aliphatic heterocycles. The van der Waals surface area contributed by atoms with E-state index < -0.39 is 0 Å². The van der Waals surface area contributed by atoms with E-state index in [0.717, 1.165) is 32.5 Å². The van der Waals surface area contributed by atoms with Gasteiger partial charge in [0.15, 0.2) is 0 Å². The molecule has 3 N–H and O–H groups in total. The van der Waals surface area contributed by atoms with Gasteiger partial charge in [-0.1, -0.05) is 30.3 Å². The van der Waals surface area contributed by atoms with Crippen molar-refractivity contribution in [3.05, 3.63) is 35.9 Å². The summed E-state index contributed by atoms with van der Waals surface area (Å²) in [5, 5.41) is 2.53. The van der Waals surface area contributed by atoms with Crippen molar-refractivity contribution in [2.24, 2.45) is 5.73 Å². The first kappa shape index (κ1) is 23.7. The molecule has 6 nitrogen and oxygen atoms in total. The molecule has 142 valence electrons. The second-order valence-electron chi connectivity index (χ2n) is 5.98. The number of likely N-dealkylation sites (tertiary alicyclic amines) is 1. The van der Waals surface area contributed by atoms with Crippen LogP contribution >= 0.6 is 24.8 Å². The highest BCUT2D eigenvalue weighted by atomic mass is 35.5. The zero-order valence-electron chi connectivity index (χ0n) is 14.5. The van der Waals surface area contributed by atoms with E-state index in [-0.39, 0.29) is 55.8 Å². The molecule has 0 saturated carbocycles. The lowest BCUT2D eigenvalue weighted by molar-refractivity contribution is -0.134. The molecule has 1 fully saturated rings. The molecule has 0 atom stereocenters. The van der Waals surface area contributed by atoms with Crippen LogP contribution in [0.1, 0.15) is 18.4 Å². The van der Waals surface area contributed by atoms with Crippen LogP contribution in [0.3, 0.4) is 0 Å². The maximum atomic E-state index is 12.1. The van der Waals surface area contributed by atoms with Gasteiger partial charge in [-0.3, -0.25) is 14.5 Å². The van der Waals surface area contributed by atoms with E-state index >= 15 is 0 Å². The van der Waals surface area contributed by atoms with Gasteiger partial charge in [0.05, 0.1) is 13.1 Å². The SMILES string of the molecule is CN(C(=O)CNC(=O)CN)C1CCN(Cc2ccccc2)CC1.Cl.Cl. The predicted octanol–water partition coefficient (Wildman–Crippen LogP) is 1.03. The Balaban J connectivity index is 0.00000288. The van der Waals surface area contributed by atoms with Crippen molar-refractivity contribution in [2.45, 2.75) is 25.4 Å². The fraction of sp³-hybridized carbons (Fsp3) is 0.529. The summed E-state index contributed by atoms with van der Waals surface area (Å²) < 4.78 is 0. The Bertz CT molecular complexity index is 523. The summed E-state index contributed by atoms with van der Waals surface area (Å²) in [4.78, 5) is 27.4. The van der Waals surface area contributed by atoms with Gasteiger partial charge in [-0.25, -0.2) is 0 Å². The highest BCUT2D eigenvalue weighted by Crippen LogP contribution is 2.17. The number of benzene rings is 1. The molecular formula is C17H28Cl2N4O2. The van der Waals surface area contributed by atoms with E-state index in [0.29, 0.717) is 0 Å². The van der Waals surface area contributed by atoms with Crippen LogP contribution < -0.4 is 11.1 Å². The van der Waals surface area contributed by atoms with E-state index in [1.807, 2.05) is 13.1 Å². The minimum absolute atomic E-state index is 0. The number of likely N-dealkylation sites (N-methyl/N-ethyl adjacent to an activating group) is 1. The Morgan fingerprint density at radius 1 is 1.20 bits per heavy atom. The van der Waals surface area contributed by atoms with Crippen molar-refractivity contribution in [1.82, 2.24) is 15.1 Å². The molecule has 1 saturated heterocycles. The molecule has 1 aromatic rings. The molecule has 1 heterocycles. The highest BCUT2D eigenvalue weighted by molar-refractivity contribution is 5.86. The van der Waals surface area contributed by atoms with Gasteiger partial charge in [-0.2, -0.15) is 0 Å². The third kappa shape index (κ3) is 7.61. The van der Waals surface area contributed by atoms with Gasteiger partial charge in [0.25, 0.3) is 0 Å². The van der Waals surface area contributed by atoms with Crippen LogP contribution in [0.15, 0.2) is 30.3 Å². The highest BCUT2D eigenvalue weighted by Gasteiger charge is 2.25. The van der Waals surface area contributed by atoms with Crippen LogP contribution in [-0.4, -0.2) is 60.9 Å². The van der Waals surface area contributed by atoms with Crippen LogP contribution in [0.4, 0.5) is 0 Å². The van der Waals surface area contributed by atoms with Gasteiger partial charge < -0.3 is 16.0 Å². The molecule has 0 bridgehead atoms. The lowest BCUT2D eigenvalue weighted by Gasteiger charge is -2.36. The summed E-state index contributed by atoms with van der Waals surface area (Å²) in [6.07, 6.45) is 1.92. The van der Waals surface area contributed by atoms with E-state index in [9.17, 15) is 9.59 Å². The number of piperidine rings is 1. The smallest absolute Gasteiger partial charge is 0.241 e. The molecule has 1 aliphatic rings. The second-order valence-corrected chi connectivity index (χ2v) is 5.98. The Hall–Kier alpha value is -1.34. The van der Waals surface area contributed by atoms with Crippen LogP contribution in [-0.2, 0) is 16.1 Å². The van der Waals surface area contributed by atoms with Gasteiger partial charge in [0, 0.05) is 32.7 Å². The first-order valence-corrected chi connectivity index (χ1v) is 8.09. The molecule has 0 aliphatic carbocycles. The Morgan fingerprint density at radius 2 is 1.80 bits per heavy atom. The third-order valence-corrected chi connectivity index (χ3v) is 4.37. The zero-order chi connectivity index (χ0) is 16.7. The summed E-state index contributed by atoms with van der Waals surface area (Å²) in [5.74, 6) is -0.363. The molecule has 8 heteroatoms. The summed E-state index contributed by atoms with van der Waals surface area (Å²) in [6.45, 7) is 2.85. The molecular weight excluding hydrogens is 363 g/mol. The van der Waals surface area contributed by atoms with E-state index in [1.54, 1.807) is 4.90 Å². The van der Waals surface area contributed by atoms with Crippen molar-refractivity contribution in [2.75, 3.05) is 33.2 Å². The van der Waals surface area contributed by atoms with E-state index in [4.69, 9.17) is 5.73 Å². The first-order valence-electron chi connectivity index (χ1n) is 8.09. The van der Waals surface area contributed by atoms with Crippen molar-refractivity contribution in [1.29, 1.82) is 0 Å². The fourth-order valence-corrected chi connectivity index (χ4v) is 2.88. The quantitative estimate of drug-likeness (QED) is 0.759. The number of nitrogens with zero attached hydrogens (tertiary/aromatic N) is 2. The molecule has 2 amide bonds. The third-order valence-electron chi connectivity index (χ3n) is 4.37. The lowest BCUT2D eigenvalue weighted by atomic mass is 10.0. The molecule has 1 aromatic carbocycles. The van der Waals surface area contributed by atoms with Gasteiger partial charge in [0.1, 0.15) is 0 Å². The lowest BCUT2D eigenvalue weighted by Crippen LogP contribution is -2.48. The number of hydrogen-bond donors (Lipinski definition) is 2. The Morgan fingerprint density at radius 3 is 2.36 bits per heavy atom. The molecule has 2 rings (SSSR count). The number of halogens is 2. The van der Waals surface area contributed by atoms with Crippen LogP contribution in [0.25, 0.3) is 0 Å². The van der Waals surface area contributed by atoms with Crippen LogP contribution in [0.2, 0.25) is 0 Å². The molecule has 0 unspecified atom stereocenters. The number of nitrogens with one attached hydrogen (secondary N) is 1. The predicted molar refractivity (Wildman–Crippen MR) is 104 cm³/mol. The monoisotopic (exact) mass is 390 g/mol. The number of carbonyl (C=O) groups is 2. The molecule has 0 aromatic heterocycles. The van der Waals surface area contributed by atoms with Gasteiger partial charge in [0.2, 0.25) is 11.8 Å². The Kier molecular flexibility index (Phi) is 11.4.